The number of nitrogens with zero attached hydrogens (tertiary/aromatic N) is 2. The number of rotatable bonds is 4. The summed E-state index contributed by atoms with van der Waals surface area (Å²) >= 11 is 0. The van der Waals surface area contributed by atoms with Crippen LogP contribution in [0, 0.1) is 18.8 Å². The molecule has 0 unspecified atom stereocenters. The van der Waals surface area contributed by atoms with Crippen LogP contribution in [0.3, 0.4) is 0 Å². The van der Waals surface area contributed by atoms with Gasteiger partial charge in [0.1, 0.15) is 11.6 Å². The zero-order valence-corrected chi connectivity index (χ0v) is 11.9. The summed E-state index contributed by atoms with van der Waals surface area (Å²) in [6.07, 6.45) is 4.52. The summed E-state index contributed by atoms with van der Waals surface area (Å²) < 4.78 is 7.75. The fraction of sp³-hybridized carbons (Fsp3) is 0.312. The molecule has 1 heterocycles. The summed E-state index contributed by atoms with van der Waals surface area (Å²) in [6.45, 7) is 3.01. The van der Waals surface area contributed by atoms with Crippen molar-refractivity contribution >= 4 is 0 Å². The number of hydrogen-bond donors (Lipinski definition) is 1. The Morgan fingerprint density at radius 1 is 1.40 bits per heavy atom. The lowest BCUT2D eigenvalue weighted by Crippen LogP contribution is -2.06. The third kappa shape index (κ3) is 3.62. The van der Waals surface area contributed by atoms with Crippen LogP contribution in [0.25, 0.3) is 0 Å². The third-order valence-corrected chi connectivity index (χ3v) is 3.04. The first-order valence-corrected chi connectivity index (χ1v) is 6.59. The van der Waals surface area contributed by atoms with Crippen LogP contribution in [0.5, 0.6) is 5.75 Å². The first-order valence-electron chi connectivity index (χ1n) is 6.59. The zero-order valence-electron chi connectivity index (χ0n) is 11.9. The molecule has 4 nitrogen and oxygen atoms in total. The molecular formula is C16H19N3O. The molecule has 2 aromatic rings. The van der Waals surface area contributed by atoms with Crippen molar-refractivity contribution in [3.63, 3.8) is 0 Å². The molecule has 0 aliphatic rings. The highest BCUT2D eigenvalue weighted by atomic mass is 16.5. The Bertz CT molecular complexity index is 635. The molecule has 0 saturated carbocycles. The van der Waals surface area contributed by atoms with Crippen molar-refractivity contribution in [2.24, 2.45) is 12.8 Å². The van der Waals surface area contributed by atoms with Gasteiger partial charge in [-0.15, -0.1) is 0 Å². The molecule has 0 aliphatic carbocycles. The van der Waals surface area contributed by atoms with E-state index >= 15 is 0 Å². The molecule has 0 spiro atoms. The van der Waals surface area contributed by atoms with Gasteiger partial charge in [-0.2, -0.15) is 0 Å². The Morgan fingerprint density at radius 3 is 2.90 bits per heavy atom. The van der Waals surface area contributed by atoms with Gasteiger partial charge >= 0.3 is 0 Å². The fourth-order valence-corrected chi connectivity index (χ4v) is 1.91. The zero-order chi connectivity index (χ0) is 14.4. The molecule has 4 heteroatoms. The molecule has 2 N–H and O–H groups in total. The van der Waals surface area contributed by atoms with Crippen LogP contribution in [-0.2, 0) is 13.5 Å². The van der Waals surface area contributed by atoms with Gasteiger partial charge in [0, 0.05) is 31.4 Å². The maximum Gasteiger partial charge on any atom is 0.119 e. The molecule has 0 aliphatic heterocycles. The van der Waals surface area contributed by atoms with Gasteiger partial charge in [0.25, 0.3) is 0 Å². The van der Waals surface area contributed by atoms with Crippen LogP contribution < -0.4 is 10.5 Å². The molecule has 2 rings (SSSR count). The lowest BCUT2D eigenvalue weighted by molar-refractivity contribution is 0.317. The Morgan fingerprint density at radius 2 is 2.25 bits per heavy atom. The molecule has 104 valence electrons. The largest absolute Gasteiger partial charge is 0.493 e. The SMILES string of the molecule is Cc1cc(OCCc2nccn2C)ccc1C#CCN. The van der Waals surface area contributed by atoms with Gasteiger partial charge < -0.3 is 15.0 Å². The Labute approximate surface area is 119 Å². The van der Waals surface area contributed by atoms with Crippen molar-refractivity contribution < 1.29 is 4.74 Å². The van der Waals surface area contributed by atoms with E-state index in [1.165, 1.54) is 0 Å². The van der Waals surface area contributed by atoms with Crippen LogP contribution in [0.15, 0.2) is 30.6 Å². The summed E-state index contributed by atoms with van der Waals surface area (Å²) in [4.78, 5) is 4.27. The second kappa shape index (κ2) is 6.78. The molecule has 0 fully saturated rings. The van der Waals surface area contributed by atoms with E-state index in [0.717, 1.165) is 29.1 Å². The number of imidazole rings is 1. The van der Waals surface area contributed by atoms with Crippen molar-refractivity contribution in [3.05, 3.63) is 47.5 Å². The normalized spacial score (nSPS) is 9.95. The number of aryl methyl sites for hydroxylation is 2. The molecule has 1 aromatic carbocycles. The standard InChI is InChI=1S/C16H19N3O/c1-13-12-15(6-5-14(13)4-3-8-17)20-11-7-16-18-9-10-19(16)2/h5-6,9-10,12H,7-8,11,17H2,1-2H3. The van der Waals surface area contributed by atoms with Gasteiger partial charge in [-0.1, -0.05) is 11.8 Å². The predicted molar refractivity (Wildman–Crippen MR) is 79.5 cm³/mol. The average Bonchev–Trinajstić information content (AvgIpc) is 2.84. The Kier molecular flexibility index (Phi) is 4.80. The molecular weight excluding hydrogens is 250 g/mol. The van der Waals surface area contributed by atoms with Crippen molar-refractivity contribution in [2.45, 2.75) is 13.3 Å². The molecule has 0 saturated heterocycles. The topological polar surface area (TPSA) is 53.1 Å². The van der Waals surface area contributed by atoms with E-state index < -0.39 is 0 Å². The highest BCUT2D eigenvalue weighted by molar-refractivity contribution is 5.44. The minimum Gasteiger partial charge on any atom is -0.493 e. The number of ether oxygens (including phenoxy) is 1. The molecule has 20 heavy (non-hydrogen) atoms. The lowest BCUT2D eigenvalue weighted by atomic mass is 10.1. The summed E-state index contributed by atoms with van der Waals surface area (Å²) in [5.74, 6) is 7.78. The summed E-state index contributed by atoms with van der Waals surface area (Å²) in [7, 11) is 1.98. The maximum absolute atomic E-state index is 5.75. The van der Waals surface area contributed by atoms with Crippen LogP contribution in [0.1, 0.15) is 17.0 Å². The van der Waals surface area contributed by atoms with E-state index in [2.05, 4.69) is 16.8 Å². The van der Waals surface area contributed by atoms with Crippen molar-refractivity contribution in [1.29, 1.82) is 0 Å². The van der Waals surface area contributed by atoms with E-state index in [9.17, 15) is 0 Å². The monoisotopic (exact) mass is 269 g/mol. The number of nitrogens with two attached hydrogens (primary N) is 1. The predicted octanol–water partition coefficient (Wildman–Crippen LogP) is 1.66. The number of aromatic nitrogens is 2. The minimum absolute atomic E-state index is 0.376. The van der Waals surface area contributed by atoms with E-state index in [1.54, 1.807) is 6.20 Å². The number of benzene rings is 1. The van der Waals surface area contributed by atoms with Crippen molar-refractivity contribution in [3.8, 4) is 17.6 Å². The summed E-state index contributed by atoms with van der Waals surface area (Å²) in [6, 6.07) is 5.90. The number of hydrogen-bond acceptors (Lipinski definition) is 3. The van der Waals surface area contributed by atoms with Crippen molar-refractivity contribution in [1.82, 2.24) is 9.55 Å². The third-order valence-electron chi connectivity index (χ3n) is 3.04. The second-order valence-corrected chi connectivity index (χ2v) is 4.54. The molecule has 0 amide bonds. The van der Waals surface area contributed by atoms with Gasteiger partial charge in [0.2, 0.25) is 0 Å². The van der Waals surface area contributed by atoms with Crippen LogP contribution in [0.2, 0.25) is 0 Å². The molecule has 1 aromatic heterocycles. The van der Waals surface area contributed by atoms with Gasteiger partial charge in [-0.05, 0) is 30.7 Å². The second-order valence-electron chi connectivity index (χ2n) is 4.54. The van der Waals surface area contributed by atoms with E-state index in [-0.39, 0.29) is 0 Å². The first-order chi connectivity index (χ1) is 9.70. The Balaban J connectivity index is 1.94. The van der Waals surface area contributed by atoms with Crippen molar-refractivity contribution in [2.75, 3.05) is 13.2 Å². The van der Waals surface area contributed by atoms with Gasteiger partial charge in [0.15, 0.2) is 0 Å². The first kappa shape index (κ1) is 14.2. The Hall–Kier alpha value is -2.25. The highest BCUT2D eigenvalue weighted by Gasteiger charge is 2.02. The van der Waals surface area contributed by atoms with Crippen LogP contribution in [0.4, 0.5) is 0 Å². The van der Waals surface area contributed by atoms with Gasteiger partial charge in [-0.3, -0.25) is 0 Å². The molecule has 0 radical (unpaired) electrons. The van der Waals surface area contributed by atoms with E-state index in [0.29, 0.717) is 13.2 Å². The quantitative estimate of drug-likeness (QED) is 0.859. The van der Waals surface area contributed by atoms with E-state index in [4.69, 9.17) is 10.5 Å². The summed E-state index contributed by atoms with van der Waals surface area (Å²) in [5.41, 5.74) is 7.46. The molecule has 0 bridgehead atoms. The highest BCUT2D eigenvalue weighted by Crippen LogP contribution is 2.16. The fourth-order valence-electron chi connectivity index (χ4n) is 1.91. The van der Waals surface area contributed by atoms with Crippen LogP contribution >= 0.6 is 0 Å². The average molecular weight is 269 g/mol. The van der Waals surface area contributed by atoms with Gasteiger partial charge in [0.05, 0.1) is 13.2 Å². The smallest absolute Gasteiger partial charge is 0.119 e. The molecule has 0 atom stereocenters. The minimum atomic E-state index is 0.376. The summed E-state index contributed by atoms with van der Waals surface area (Å²) in [5, 5.41) is 0. The maximum atomic E-state index is 5.75. The van der Waals surface area contributed by atoms with Crippen LogP contribution in [-0.4, -0.2) is 22.7 Å². The lowest BCUT2D eigenvalue weighted by Gasteiger charge is -2.08. The van der Waals surface area contributed by atoms with Gasteiger partial charge in [-0.25, -0.2) is 4.98 Å². The van der Waals surface area contributed by atoms with E-state index in [1.807, 2.05) is 42.9 Å².